The van der Waals surface area contributed by atoms with Crippen LogP contribution in [0.25, 0.3) is 0 Å². The van der Waals surface area contributed by atoms with Crippen LogP contribution in [0.2, 0.25) is 0 Å². The average Bonchev–Trinajstić information content (AvgIpc) is 2.42. The number of hydrogen-bond acceptors (Lipinski definition) is 3. The van der Waals surface area contributed by atoms with Gasteiger partial charge >= 0.3 is 0 Å². The zero-order chi connectivity index (χ0) is 15.6. The zero-order valence-electron chi connectivity index (χ0n) is 13.3. The molecule has 0 amide bonds. The van der Waals surface area contributed by atoms with Crippen LogP contribution in [0, 0.1) is 19.8 Å². The summed E-state index contributed by atoms with van der Waals surface area (Å²) in [4.78, 5) is 0. The molecule has 1 aromatic carbocycles. The van der Waals surface area contributed by atoms with Gasteiger partial charge in [-0.3, -0.25) is 0 Å². The van der Waals surface area contributed by atoms with Crippen LogP contribution in [0.5, 0.6) is 0 Å². The maximum Gasteiger partial charge on any atom is 0.150 e. The lowest BCUT2D eigenvalue weighted by Crippen LogP contribution is -2.38. The summed E-state index contributed by atoms with van der Waals surface area (Å²) in [5.41, 5.74) is 10.2. The molecule has 3 unspecified atom stereocenters. The fourth-order valence-corrected chi connectivity index (χ4v) is 4.52. The van der Waals surface area contributed by atoms with E-state index in [1.54, 1.807) is 0 Å². The van der Waals surface area contributed by atoms with E-state index in [2.05, 4.69) is 32.0 Å². The molecule has 3 nitrogen and oxygen atoms in total. The Kier molecular flexibility index (Phi) is 5.10. The molecule has 118 valence electrons. The Morgan fingerprint density at radius 3 is 2.57 bits per heavy atom. The molecule has 3 atom stereocenters. The summed E-state index contributed by atoms with van der Waals surface area (Å²) >= 11 is 0. The lowest BCUT2D eigenvalue weighted by atomic mass is 9.81. The summed E-state index contributed by atoms with van der Waals surface area (Å²) < 4.78 is 23.5. The van der Waals surface area contributed by atoms with E-state index in [0.29, 0.717) is 5.92 Å². The highest BCUT2D eigenvalue weighted by Crippen LogP contribution is 2.31. The van der Waals surface area contributed by atoms with Gasteiger partial charge in [0.25, 0.3) is 0 Å². The molecule has 2 N–H and O–H groups in total. The predicted molar refractivity (Wildman–Crippen MR) is 88.2 cm³/mol. The van der Waals surface area contributed by atoms with Crippen LogP contribution in [-0.4, -0.2) is 26.0 Å². The molecular weight excluding hydrogens is 282 g/mol. The molecule has 21 heavy (non-hydrogen) atoms. The van der Waals surface area contributed by atoms with Gasteiger partial charge in [0.2, 0.25) is 0 Å². The predicted octanol–water partition coefficient (Wildman–Crippen LogP) is 2.78. The van der Waals surface area contributed by atoms with Crippen LogP contribution in [0.3, 0.4) is 0 Å². The van der Waals surface area contributed by atoms with E-state index in [0.717, 1.165) is 32.1 Å². The van der Waals surface area contributed by atoms with E-state index in [-0.39, 0.29) is 11.3 Å². The smallest absolute Gasteiger partial charge is 0.150 e. The second-order valence-corrected chi connectivity index (χ2v) is 8.99. The van der Waals surface area contributed by atoms with Gasteiger partial charge in [-0.2, -0.15) is 0 Å². The normalized spacial score (nSPS) is 24.8. The molecule has 1 aromatic rings. The maximum atomic E-state index is 11.8. The van der Waals surface area contributed by atoms with Crippen molar-refractivity contribution in [3.63, 3.8) is 0 Å². The Bertz CT molecular complexity index is 595. The first kappa shape index (κ1) is 16.5. The Hall–Kier alpha value is -0.870. The molecule has 4 heteroatoms. The minimum Gasteiger partial charge on any atom is -0.327 e. The highest BCUT2D eigenvalue weighted by atomic mass is 32.2. The molecule has 0 bridgehead atoms. The van der Waals surface area contributed by atoms with E-state index in [1.807, 2.05) is 0 Å². The largest absolute Gasteiger partial charge is 0.327 e. The van der Waals surface area contributed by atoms with Crippen molar-refractivity contribution in [3.8, 4) is 0 Å². The minimum atomic E-state index is -2.93. The summed E-state index contributed by atoms with van der Waals surface area (Å²) in [6.07, 6.45) is 5.74. The topological polar surface area (TPSA) is 60.2 Å². The first-order chi connectivity index (χ1) is 9.77. The van der Waals surface area contributed by atoms with Crippen LogP contribution in [0.1, 0.15) is 42.4 Å². The highest BCUT2D eigenvalue weighted by Gasteiger charge is 2.31. The van der Waals surface area contributed by atoms with Crippen molar-refractivity contribution in [1.29, 1.82) is 0 Å². The second kappa shape index (κ2) is 6.49. The van der Waals surface area contributed by atoms with Gasteiger partial charge in [0, 0.05) is 12.3 Å². The van der Waals surface area contributed by atoms with Gasteiger partial charge in [0.1, 0.15) is 9.84 Å². The summed E-state index contributed by atoms with van der Waals surface area (Å²) in [5, 5.41) is -0.193. The van der Waals surface area contributed by atoms with Gasteiger partial charge in [0.05, 0.1) is 5.25 Å². The van der Waals surface area contributed by atoms with Crippen molar-refractivity contribution < 1.29 is 8.42 Å². The number of rotatable bonds is 4. The van der Waals surface area contributed by atoms with E-state index >= 15 is 0 Å². The third-order valence-electron chi connectivity index (χ3n) is 4.92. The Morgan fingerprint density at radius 1 is 1.24 bits per heavy atom. The lowest BCUT2D eigenvalue weighted by molar-refractivity contribution is 0.304. The van der Waals surface area contributed by atoms with E-state index in [1.165, 1.54) is 22.9 Å². The Balaban J connectivity index is 2.02. The monoisotopic (exact) mass is 309 g/mol. The summed E-state index contributed by atoms with van der Waals surface area (Å²) in [6.45, 7) is 4.22. The molecule has 0 heterocycles. The first-order valence-electron chi connectivity index (χ1n) is 7.78. The summed E-state index contributed by atoms with van der Waals surface area (Å²) in [7, 11) is -2.93. The van der Waals surface area contributed by atoms with Crippen LogP contribution >= 0.6 is 0 Å². The zero-order valence-corrected chi connectivity index (χ0v) is 14.1. The highest BCUT2D eigenvalue weighted by molar-refractivity contribution is 7.91. The molecule has 2 rings (SSSR count). The molecule has 0 aromatic heterocycles. The number of aryl methyl sites for hydroxylation is 2. The fraction of sp³-hybridized carbons (Fsp3) is 0.647. The standard InChI is InChI=1S/C17H27NO2S/c1-12-7-8-14(9-13(12)2)10-17(18)15-5-4-6-16(11-15)21(3,19)20/h7-9,15-17H,4-6,10-11,18H2,1-3H3. The SMILES string of the molecule is Cc1ccc(CC(N)C2CCCC(S(C)(=O)=O)C2)cc1C. The molecule has 1 aliphatic rings. The van der Waals surface area contributed by atoms with Gasteiger partial charge < -0.3 is 5.73 Å². The molecule has 0 radical (unpaired) electrons. The Morgan fingerprint density at radius 2 is 1.95 bits per heavy atom. The van der Waals surface area contributed by atoms with Crippen molar-refractivity contribution >= 4 is 9.84 Å². The van der Waals surface area contributed by atoms with E-state index < -0.39 is 9.84 Å². The minimum absolute atomic E-state index is 0.0525. The van der Waals surface area contributed by atoms with E-state index in [9.17, 15) is 8.42 Å². The van der Waals surface area contributed by atoms with Crippen LogP contribution in [0.15, 0.2) is 18.2 Å². The number of sulfone groups is 1. The quantitative estimate of drug-likeness (QED) is 0.930. The summed E-state index contributed by atoms with van der Waals surface area (Å²) in [6, 6.07) is 6.53. The van der Waals surface area contributed by atoms with Crippen molar-refractivity contribution in [2.45, 2.75) is 57.2 Å². The van der Waals surface area contributed by atoms with Gasteiger partial charge in [-0.25, -0.2) is 8.42 Å². The molecule has 1 fully saturated rings. The molecular formula is C17H27NO2S. The van der Waals surface area contributed by atoms with Gasteiger partial charge in [0.15, 0.2) is 0 Å². The first-order valence-corrected chi connectivity index (χ1v) is 9.73. The third-order valence-corrected chi connectivity index (χ3v) is 6.56. The van der Waals surface area contributed by atoms with Crippen molar-refractivity contribution in [3.05, 3.63) is 34.9 Å². The number of nitrogens with two attached hydrogens (primary N) is 1. The lowest BCUT2D eigenvalue weighted by Gasteiger charge is -2.32. The van der Waals surface area contributed by atoms with Gasteiger partial charge in [-0.1, -0.05) is 24.6 Å². The number of hydrogen-bond donors (Lipinski definition) is 1. The van der Waals surface area contributed by atoms with Gasteiger partial charge in [-0.05, 0) is 62.1 Å². The van der Waals surface area contributed by atoms with Crippen LogP contribution in [0.4, 0.5) is 0 Å². The molecule has 0 aliphatic heterocycles. The van der Waals surface area contributed by atoms with Gasteiger partial charge in [-0.15, -0.1) is 0 Å². The Labute approximate surface area is 128 Å². The molecule has 0 spiro atoms. The van der Waals surface area contributed by atoms with Crippen molar-refractivity contribution in [2.75, 3.05) is 6.26 Å². The fourth-order valence-electron chi connectivity index (χ4n) is 3.33. The van der Waals surface area contributed by atoms with Crippen LogP contribution in [-0.2, 0) is 16.3 Å². The number of benzene rings is 1. The average molecular weight is 309 g/mol. The molecule has 0 saturated heterocycles. The maximum absolute atomic E-state index is 11.8. The third kappa shape index (κ3) is 4.30. The molecule has 1 aliphatic carbocycles. The summed E-state index contributed by atoms with van der Waals surface area (Å²) in [5.74, 6) is 0.320. The van der Waals surface area contributed by atoms with Crippen molar-refractivity contribution in [2.24, 2.45) is 11.7 Å². The van der Waals surface area contributed by atoms with Crippen molar-refractivity contribution in [1.82, 2.24) is 0 Å². The second-order valence-electron chi connectivity index (χ2n) is 6.66. The molecule has 1 saturated carbocycles. The van der Waals surface area contributed by atoms with E-state index in [4.69, 9.17) is 5.73 Å². The van der Waals surface area contributed by atoms with Crippen LogP contribution < -0.4 is 5.73 Å².